The Hall–Kier alpha value is -3.42. The quantitative estimate of drug-likeness (QED) is 0.326. The first-order valence-electron chi connectivity index (χ1n) is 9.92. The van der Waals surface area contributed by atoms with Crippen LogP contribution in [0.3, 0.4) is 0 Å². The predicted octanol–water partition coefficient (Wildman–Crippen LogP) is 6.71. The molecule has 0 radical (unpaired) electrons. The summed E-state index contributed by atoms with van der Waals surface area (Å²) < 4.78 is 6.72. The normalized spacial score (nSPS) is 11.6. The van der Waals surface area contributed by atoms with Crippen LogP contribution in [0.15, 0.2) is 127 Å². The van der Waals surface area contributed by atoms with Crippen LogP contribution in [0, 0.1) is 0 Å². The first-order valence-corrected chi connectivity index (χ1v) is 9.92. The molecule has 0 bridgehead atoms. The smallest absolute Gasteiger partial charge is 0.144 e. The van der Waals surface area contributed by atoms with Crippen LogP contribution < -0.4 is 0 Å². The highest BCUT2D eigenvalue weighted by Crippen LogP contribution is 2.40. The molecule has 4 rings (SSSR count). The molecular formula is C28H24O. The molecule has 0 saturated carbocycles. The van der Waals surface area contributed by atoms with Crippen molar-refractivity contribution in [2.75, 3.05) is 6.61 Å². The van der Waals surface area contributed by atoms with E-state index >= 15 is 0 Å². The van der Waals surface area contributed by atoms with Crippen molar-refractivity contribution in [1.82, 2.24) is 0 Å². The summed E-state index contributed by atoms with van der Waals surface area (Å²) in [5.41, 5.74) is 3.84. The summed E-state index contributed by atoms with van der Waals surface area (Å²) in [6, 6.07) is 41.7. The Labute approximate surface area is 172 Å². The van der Waals surface area contributed by atoms with Crippen molar-refractivity contribution in [3.05, 3.63) is 150 Å². The van der Waals surface area contributed by atoms with Gasteiger partial charge in [-0.15, -0.1) is 0 Å². The lowest BCUT2D eigenvalue weighted by atomic mass is 9.80. The monoisotopic (exact) mass is 376 g/mol. The molecule has 0 aromatic heterocycles. The fourth-order valence-corrected chi connectivity index (χ4v) is 3.69. The van der Waals surface area contributed by atoms with Gasteiger partial charge >= 0.3 is 0 Å². The zero-order valence-electron chi connectivity index (χ0n) is 16.3. The highest BCUT2D eigenvalue weighted by molar-refractivity contribution is 5.50. The summed E-state index contributed by atoms with van der Waals surface area (Å²) in [6.45, 7) is 0.494. The van der Waals surface area contributed by atoms with E-state index < -0.39 is 5.60 Å². The Kier molecular flexibility index (Phi) is 5.99. The minimum Gasteiger partial charge on any atom is -0.357 e. The second-order valence-electron chi connectivity index (χ2n) is 6.90. The zero-order chi connectivity index (χ0) is 19.8. The number of benzene rings is 4. The Morgan fingerprint density at radius 2 is 0.897 bits per heavy atom. The van der Waals surface area contributed by atoms with Crippen LogP contribution in [0.1, 0.15) is 22.3 Å². The third-order valence-electron chi connectivity index (χ3n) is 5.05. The molecule has 0 fully saturated rings. The van der Waals surface area contributed by atoms with Crippen LogP contribution in [-0.2, 0) is 10.3 Å². The summed E-state index contributed by atoms with van der Waals surface area (Å²) in [6.07, 6.45) is 4.19. The number of ether oxygens (including phenoxy) is 1. The van der Waals surface area contributed by atoms with Crippen LogP contribution in [0.2, 0.25) is 0 Å². The van der Waals surface area contributed by atoms with E-state index in [1.807, 2.05) is 36.4 Å². The average Bonchev–Trinajstić information content (AvgIpc) is 2.82. The summed E-state index contributed by atoms with van der Waals surface area (Å²) in [5, 5.41) is 0. The molecule has 4 aromatic carbocycles. The molecule has 142 valence electrons. The second kappa shape index (κ2) is 9.18. The summed E-state index contributed by atoms with van der Waals surface area (Å²) in [5.74, 6) is 0. The Morgan fingerprint density at radius 1 is 0.517 bits per heavy atom. The van der Waals surface area contributed by atoms with Crippen molar-refractivity contribution < 1.29 is 4.74 Å². The molecule has 0 saturated heterocycles. The van der Waals surface area contributed by atoms with Crippen molar-refractivity contribution >= 4 is 6.08 Å². The lowest BCUT2D eigenvalue weighted by Crippen LogP contribution is -2.33. The van der Waals surface area contributed by atoms with E-state index in [-0.39, 0.29) is 0 Å². The van der Waals surface area contributed by atoms with Gasteiger partial charge in [0.2, 0.25) is 0 Å². The van der Waals surface area contributed by atoms with Crippen molar-refractivity contribution in [1.29, 1.82) is 0 Å². The molecule has 4 aromatic rings. The van der Waals surface area contributed by atoms with Gasteiger partial charge in [-0.1, -0.05) is 133 Å². The Bertz CT molecular complexity index is 926. The number of rotatable bonds is 7. The van der Waals surface area contributed by atoms with Gasteiger partial charge in [-0.05, 0) is 22.3 Å². The van der Waals surface area contributed by atoms with Gasteiger partial charge in [0.15, 0.2) is 0 Å². The summed E-state index contributed by atoms with van der Waals surface area (Å²) in [7, 11) is 0. The van der Waals surface area contributed by atoms with Gasteiger partial charge in [0.25, 0.3) is 0 Å². The molecule has 29 heavy (non-hydrogen) atoms. The van der Waals surface area contributed by atoms with Crippen molar-refractivity contribution in [3.63, 3.8) is 0 Å². The minimum atomic E-state index is -0.676. The highest BCUT2D eigenvalue weighted by Gasteiger charge is 2.37. The van der Waals surface area contributed by atoms with Crippen LogP contribution in [0.25, 0.3) is 6.08 Å². The van der Waals surface area contributed by atoms with Crippen LogP contribution >= 0.6 is 0 Å². The predicted molar refractivity (Wildman–Crippen MR) is 121 cm³/mol. The van der Waals surface area contributed by atoms with Gasteiger partial charge in [-0.3, -0.25) is 0 Å². The molecule has 0 N–H and O–H groups in total. The largest absolute Gasteiger partial charge is 0.357 e. The van der Waals surface area contributed by atoms with Crippen LogP contribution in [-0.4, -0.2) is 6.61 Å². The highest BCUT2D eigenvalue weighted by atomic mass is 16.5. The first kappa shape index (κ1) is 18.9. The zero-order valence-corrected chi connectivity index (χ0v) is 16.3. The maximum absolute atomic E-state index is 6.72. The van der Waals surface area contributed by atoms with Gasteiger partial charge in [-0.25, -0.2) is 0 Å². The van der Waals surface area contributed by atoms with Crippen LogP contribution in [0.4, 0.5) is 0 Å². The number of hydrogen-bond acceptors (Lipinski definition) is 1. The fourth-order valence-electron chi connectivity index (χ4n) is 3.69. The van der Waals surface area contributed by atoms with Gasteiger partial charge in [0.05, 0.1) is 6.61 Å². The first-order chi connectivity index (χ1) is 14.4. The van der Waals surface area contributed by atoms with E-state index in [1.165, 1.54) is 5.56 Å². The van der Waals surface area contributed by atoms with E-state index in [2.05, 4.69) is 97.1 Å². The molecule has 0 unspecified atom stereocenters. The lowest BCUT2D eigenvalue weighted by molar-refractivity contribution is 0.0322. The maximum Gasteiger partial charge on any atom is 0.144 e. The molecule has 0 aliphatic carbocycles. The summed E-state index contributed by atoms with van der Waals surface area (Å²) >= 11 is 0. The van der Waals surface area contributed by atoms with E-state index in [0.717, 1.165) is 16.7 Å². The topological polar surface area (TPSA) is 9.23 Å². The van der Waals surface area contributed by atoms with Gasteiger partial charge in [0, 0.05) is 0 Å². The second-order valence-corrected chi connectivity index (χ2v) is 6.90. The van der Waals surface area contributed by atoms with Crippen molar-refractivity contribution in [2.45, 2.75) is 5.60 Å². The van der Waals surface area contributed by atoms with Gasteiger partial charge < -0.3 is 4.74 Å². The van der Waals surface area contributed by atoms with Crippen molar-refractivity contribution in [2.24, 2.45) is 0 Å². The Balaban J connectivity index is 1.76. The maximum atomic E-state index is 6.72. The molecule has 0 spiro atoms. The van der Waals surface area contributed by atoms with Gasteiger partial charge in [0.1, 0.15) is 5.60 Å². The third kappa shape index (κ3) is 4.21. The van der Waals surface area contributed by atoms with E-state index in [4.69, 9.17) is 4.74 Å². The fraction of sp³-hybridized carbons (Fsp3) is 0.0714. The molecule has 1 heteroatoms. The SMILES string of the molecule is C(=Cc1ccccc1)COC(c1ccccc1)(c1ccccc1)c1ccccc1. The minimum absolute atomic E-state index is 0.494. The van der Waals surface area contributed by atoms with E-state index in [1.54, 1.807) is 0 Å². The molecule has 0 atom stereocenters. The van der Waals surface area contributed by atoms with Gasteiger partial charge in [-0.2, -0.15) is 0 Å². The molecular weight excluding hydrogens is 352 g/mol. The third-order valence-corrected chi connectivity index (χ3v) is 5.05. The molecule has 1 nitrogen and oxygen atoms in total. The standard InChI is InChI=1S/C28H24O/c1-5-14-24(15-6-1)16-13-23-29-28(25-17-7-2-8-18-25,26-19-9-3-10-20-26)27-21-11-4-12-22-27/h1-22H,23H2. The average molecular weight is 376 g/mol. The van der Waals surface area contributed by atoms with E-state index in [9.17, 15) is 0 Å². The molecule has 0 amide bonds. The van der Waals surface area contributed by atoms with Crippen LogP contribution in [0.5, 0.6) is 0 Å². The lowest BCUT2D eigenvalue weighted by Gasteiger charge is -2.35. The number of hydrogen-bond donors (Lipinski definition) is 0. The summed E-state index contributed by atoms with van der Waals surface area (Å²) in [4.78, 5) is 0. The molecule has 0 aliphatic rings. The van der Waals surface area contributed by atoms with E-state index in [0.29, 0.717) is 6.61 Å². The Morgan fingerprint density at radius 3 is 1.31 bits per heavy atom. The molecule has 0 aliphatic heterocycles. The van der Waals surface area contributed by atoms with Crippen molar-refractivity contribution in [3.8, 4) is 0 Å². The molecule has 0 heterocycles.